The Hall–Kier alpha value is -3.07. The summed E-state index contributed by atoms with van der Waals surface area (Å²) in [6.45, 7) is 1.16. The maximum absolute atomic E-state index is 12.7. The van der Waals surface area contributed by atoms with Gasteiger partial charge < -0.3 is 14.3 Å². The molecule has 28 heavy (non-hydrogen) atoms. The second kappa shape index (κ2) is 6.83. The second-order valence-corrected chi connectivity index (χ2v) is 8.41. The lowest BCUT2D eigenvalue weighted by Crippen LogP contribution is -2.14. The molecule has 4 rings (SSSR count). The first-order chi connectivity index (χ1) is 13.3. The van der Waals surface area contributed by atoms with E-state index in [-0.39, 0.29) is 4.90 Å². The summed E-state index contributed by atoms with van der Waals surface area (Å²) in [4.78, 5) is 15.1. The fourth-order valence-corrected chi connectivity index (χ4v) is 3.95. The number of anilines is 1. The number of carbonyl (C=O) groups is 1. The first kappa shape index (κ1) is 18.3. The maximum atomic E-state index is 12.7. The summed E-state index contributed by atoms with van der Waals surface area (Å²) in [7, 11) is -3.83. The van der Waals surface area contributed by atoms with E-state index in [0.717, 1.165) is 12.8 Å². The monoisotopic (exact) mass is 402 g/mol. The molecule has 8 nitrogen and oxygen atoms in total. The van der Waals surface area contributed by atoms with Crippen molar-refractivity contribution in [1.29, 1.82) is 0 Å². The first-order valence-electron chi connectivity index (χ1n) is 8.70. The van der Waals surface area contributed by atoms with E-state index in [4.69, 9.17) is 14.3 Å². The van der Waals surface area contributed by atoms with Gasteiger partial charge in [0.25, 0.3) is 10.0 Å². The predicted octanol–water partition coefficient (Wildman–Crippen LogP) is 3.28. The lowest BCUT2D eigenvalue weighted by molar-refractivity contribution is -0.139. The van der Waals surface area contributed by atoms with Gasteiger partial charge in [-0.15, -0.1) is 0 Å². The van der Waals surface area contributed by atoms with Crippen LogP contribution in [0.1, 0.15) is 30.2 Å². The number of rotatable bonds is 7. The highest BCUT2D eigenvalue weighted by atomic mass is 32.2. The number of ether oxygens (including phenoxy) is 1. The molecular formula is C19H18N2O6S. The predicted molar refractivity (Wildman–Crippen MR) is 101 cm³/mol. The van der Waals surface area contributed by atoms with Crippen LogP contribution in [-0.4, -0.2) is 31.1 Å². The normalized spacial score (nSPS) is 14.2. The van der Waals surface area contributed by atoms with Gasteiger partial charge in [-0.05, 0) is 61.7 Å². The number of aromatic nitrogens is 1. The molecule has 2 aromatic carbocycles. The molecule has 3 aromatic rings. The van der Waals surface area contributed by atoms with E-state index in [1.54, 1.807) is 25.1 Å². The number of hydrogen-bond acceptors (Lipinski definition) is 6. The number of aliphatic carboxylic acids is 1. The third-order valence-electron chi connectivity index (χ3n) is 4.39. The van der Waals surface area contributed by atoms with E-state index in [2.05, 4.69) is 9.71 Å². The Morgan fingerprint density at radius 2 is 2.07 bits per heavy atom. The Balaban J connectivity index is 1.55. The van der Waals surface area contributed by atoms with E-state index >= 15 is 0 Å². The molecule has 1 aromatic heterocycles. The minimum absolute atomic E-state index is 0.0478. The van der Waals surface area contributed by atoms with Crippen molar-refractivity contribution < 1.29 is 27.5 Å². The molecule has 146 valence electrons. The SMILES string of the molecule is Cc1cc(S(=O)(=O)Nc2ccc3oc(C4CC4)nc3c2)ccc1OCC(=O)O. The second-order valence-electron chi connectivity index (χ2n) is 6.72. The summed E-state index contributed by atoms with van der Waals surface area (Å²) in [5.41, 5.74) is 2.13. The Bertz CT molecular complexity index is 1160. The number of hydrogen-bond donors (Lipinski definition) is 2. The zero-order valence-electron chi connectivity index (χ0n) is 15.0. The van der Waals surface area contributed by atoms with Crippen molar-refractivity contribution in [3.05, 3.63) is 47.9 Å². The summed E-state index contributed by atoms with van der Waals surface area (Å²) in [5, 5.41) is 8.68. The van der Waals surface area contributed by atoms with Crippen LogP contribution in [0.4, 0.5) is 5.69 Å². The molecule has 0 radical (unpaired) electrons. The van der Waals surface area contributed by atoms with Crippen molar-refractivity contribution in [3.63, 3.8) is 0 Å². The van der Waals surface area contributed by atoms with Gasteiger partial charge in [-0.3, -0.25) is 4.72 Å². The van der Waals surface area contributed by atoms with Gasteiger partial charge in [0.05, 0.1) is 10.6 Å². The van der Waals surface area contributed by atoms with Crippen LogP contribution in [0.15, 0.2) is 45.7 Å². The number of carboxylic acids is 1. The Morgan fingerprint density at radius 1 is 1.29 bits per heavy atom. The van der Waals surface area contributed by atoms with Gasteiger partial charge in [0, 0.05) is 5.92 Å². The molecule has 0 unspecified atom stereocenters. The average Bonchev–Trinajstić information content (AvgIpc) is 3.40. The van der Waals surface area contributed by atoms with E-state index in [9.17, 15) is 13.2 Å². The van der Waals surface area contributed by atoms with Crippen molar-refractivity contribution in [1.82, 2.24) is 4.98 Å². The van der Waals surface area contributed by atoms with Crippen LogP contribution >= 0.6 is 0 Å². The van der Waals surface area contributed by atoms with Crippen molar-refractivity contribution in [2.45, 2.75) is 30.6 Å². The van der Waals surface area contributed by atoms with E-state index in [0.29, 0.717) is 39.9 Å². The van der Waals surface area contributed by atoms with Gasteiger partial charge in [-0.25, -0.2) is 18.2 Å². The highest BCUT2D eigenvalue weighted by Crippen LogP contribution is 2.40. The lowest BCUT2D eigenvalue weighted by Gasteiger charge is -2.11. The van der Waals surface area contributed by atoms with Crippen LogP contribution in [0, 0.1) is 6.92 Å². The van der Waals surface area contributed by atoms with Crippen LogP contribution in [0.5, 0.6) is 5.75 Å². The Morgan fingerprint density at radius 3 is 2.75 bits per heavy atom. The minimum atomic E-state index is -3.83. The smallest absolute Gasteiger partial charge is 0.341 e. The van der Waals surface area contributed by atoms with Crippen LogP contribution in [0.3, 0.4) is 0 Å². The van der Waals surface area contributed by atoms with Crippen molar-refractivity contribution in [2.24, 2.45) is 0 Å². The van der Waals surface area contributed by atoms with Gasteiger partial charge in [0.1, 0.15) is 11.3 Å². The van der Waals surface area contributed by atoms with Crippen LogP contribution < -0.4 is 9.46 Å². The summed E-state index contributed by atoms with van der Waals surface area (Å²) >= 11 is 0. The van der Waals surface area contributed by atoms with Crippen LogP contribution in [0.2, 0.25) is 0 Å². The van der Waals surface area contributed by atoms with E-state index in [1.165, 1.54) is 18.2 Å². The van der Waals surface area contributed by atoms with Crippen molar-refractivity contribution in [2.75, 3.05) is 11.3 Å². The summed E-state index contributed by atoms with van der Waals surface area (Å²) in [6.07, 6.45) is 2.13. The zero-order chi connectivity index (χ0) is 19.9. The Kier molecular flexibility index (Phi) is 4.46. The molecule has 0 aliphatic heterocycles. The summed E-state index contributed by atoms with van der Waals surface area (Å²) in [5.74, 6) is 0.281. The molecule has 0 saturated heterocycles. The number of oxazole rings is 1. The number of sulfonamides is 1. The molecule has 0 bridgehead atoms. The number of fused-ring (bicyclic) bond motifs is 1. The topological polar surface area (TPSA) is 119 Å². The van der Waals surface area contributed by atoms with Crippen LogP contribution in [0.25, 0.3) is 11.1 Å². The lowest BCUT2D eigenvalue weighted by atomic mass is 10.2. The van der Waals surface area contributed by atoms with Gasteiger partial charge in [0.15, 0.2) is 18.1 Å². The molecular weight excluding hydrogens is 384 g/mol. The number of nitrogens with zero attached hydrogens (tertiary/aromatic N) is 1. The van der Waals surface area contributed by atoms with Gasteiger partial charge in [-0.1, -0.05) is 0 Å². The molecule has 1 saturated carbocycles. The maximum Gasteiger partial charge on any atom is 0.341 e. The highest BCUT2D eigenvalue weighted by Gasteiger charge is 2.29. The third kappa shape index (κ3) is 3.79. The average molecular weight is 402 g/mol. The van der Waals surface area contributed by atoms with Crippen molar-refractivity contribution in [3.8, 4) is 5.75 Å². The first-order valence-corrected chi connectivity index (χ1v) is 10.2. The fourth-order valence-electron chi connectivity index (χ4n) is 2.82. The molecule has 1 aliphatic carbocycles. The van der Waals surface area contributed by atoms with Gasteiger partial charge >= 0.3 is 5.97 Å². The summed E-state index contributed by atoms with van der Waals surface area (Å²) in [6, 6.07) is 9.19. The number of benzene rings is 2. The standard InChI is InChI=1S/C19H18N2O6S/c1-11-8-14(5-7-16(11)26-10-18(22)23)28(24,25)21-13-4-6-17-15(9-13)20-19(27-17)12-2-3-12/h4-9,12,21H,2-3,10H2,1H3,(H,22,23). The highest BCUT2D eigenvalue weighted by molar-refractivity contribution is 7.92. The van der Waals surface area contributed by atoms with E-state index in [1.807, 2.05) is 0 Å². The van der Waals surface area contributed by atoms with Gasteiger partial charge in [0.2, 0.25) is 0 Å². The fraction of sp³-hybridized carbons (Fsp3) is 0.263. The molecule has 1 heterocycles. The molecule has 2 N–H and O–H groups in total. The Labute approximate surface area is 161 Å². The number of aryl methyl sites for hydroxylation is 1. The van der Waals surface area contributed by atoms with E-state index < -0.39 is 22.6 Å². The molecule has 1 fully saturated rings. The largest absolute Gasteiger partial charge is 0.482 e. The molecule has 1 aliphatic rings. The van der Waals surface area contributed by atoms with Crippen LogP contribution in [-0.2, 0) is 14.8 Å². The van der Waals surface area contributed by atoms with Gasteiger partial charge in [-0.2, -0.15) is 0 Å². The number of carboxylic acid groups (broad SMARTS) is 1. The molecule has 9 heteroatoms. The summed E-state index contributed by atoms with van der Waals surface area (Å²) < 4.78 is 38.7. The number of nitrogens with one attached hydrogen (secondary N) is 1. The molecule has 0 spiro atoms. The zero-order valence-corrected chi connectivity index (χ0v) is 15.8. The molecule has 0 amide bonds. The minimum Gasteiger partial charge on any atom is -0.482 e. The van der Waals surface area contributed by atoms with Crippen molar-refractivity contribution >= 4 is 32.8 Å². The quantitative estimate of drug-likeness (QED) is 0.622. The third-order valence-corrected chi connectivity index (χ3v) is 5.77. The molecule has 0 atom stereocenters.